The van der Waals surface area contributed by atoms with Gasteiger partial charge in [-0.3, -0.25) is 0 Å². The van der Waals surface area contributed by atoms with Crippen molar-refractivity contribution in [1.82, 2.24) is 0 Å². The van der Waals surface area contributed by atoms with Crippen LogP contribution in [0.2, 0.25) is 5.02 Å². The first-order valence-corrected chi connectivity index (χ1v) is 5.27. The van der Waals surface area contributed by atoms with E-state index in [4.69, 9.17) is 22.1 Å². The Morgan fingerprint density at radius 2 is 2.31 bits per heavy atom. The highest BCUT2D eigenvalue weighted by atomic mass is 35.5. The molecule has 0 aromatic heterocycles. The standard InChI is InChI=1S/C9H12ClNOS/c1-12-4-5-13-9-3-2-7(10)6-8(9)11/h2-3,6H,4-5,11H2,1H3. The molecule has 0 aliphatic rings. The number of rotatable bonds is 4. The van der Waals surface area contributed by atoms with E-state index < -0.39 is 0 Å². The van der Waals surface area contributed by atoms with Crippen LogP contribution in [0.1, 0.15) is 0 Å². The molecule has 0 aliphatic heterocycles. The predicted molar refractivity (Wildman–Crippen MR) is 58.5 cm³/mol. The minimum Gasteiger partial charge on any atom is -0.398 e. The van der Waals surface area contributed by atoms with Crippen molar-refractivity contribution < 1.29 is 4.74 Å². The van der Waals surface area contributed by atoms with E-state index in [1.54, 1.807) is 24.9 Å². The molecular formula is C9H12ClNOS. The second-order valence-electron chi connectivity index (χ2n) is 2.52. The number of thioether (sulfide) groups is 1. The third kappa shape index (κ3) is 3.46. The maximum Gasteiger partial charge on any atom is 0.0556 e. The monoisotopic (exact) mass is 217 g/mol. The third-order valence-corrected chi connectivity index (χ3v) is 2.81. The number of hydrogen-bond acceptors (Lipinski definition) is 3. The van der Waals surface area contributed by atoms with Gasteiger partial charge in [0.1, 0.15) is 0 Å². The molecule has 0 fully saturated rings. The van der Waals surface area contributed by atoms with Crippen LogP contribution in [0, 0.1) is 0 Å². The van der Waals surface area contributed by atoms with E-state index >= 15 is 0 Å². The normalized spacial score (nSPS) is 10.3. The van der Waals surface area contributed by atoms with Crippen LogP contribution in [-0.2, 0) is 4.74 Å². The first-order valence-electron chi connectivity index (χ1n) is 3.91. The fraction of sp³-hybridized carbons (Fsp3) is 0.333. The second-order valence-corrected chi connectivity index (χ2v) is 4.10. The van der Waals surface area contributed by atoms with Crippen molar-refractivity contribution in [3.8, 4) is 0 Å². The van der Waals surface area contributed by atoms with E-state index in [9.17, 15) is 0 Å². The molecule has 1 aromatic carbocycles. The van der Waals surface area contributed by atoms with E-state index in [0.717, 1.165) is 22.9 Å². The summed E-state index contributed by atoms with van der Waals surface area (Å²) in [6, 6.07) is 5.53. The van der Waals surface area contributed by atoms with Gasteiger partial charge in [0.15, 0.2) is 0 Å². The summed E-state index contributed by atoms with van der Waals surface area (Å²) in [5.74, 6) is 0.905. The summed E-state index contributed by atoms with van der Waals surface area (Å²) in [6.45, 7) is 0.729. The lowest BCUT2D eigenvalue weighted by Crippen LogP contribution is -1.93. The van der Waals surface area contributed by atoms with E-state index in [1.165, 1.54) is 0 Å². The van der Waals surface area contributed by atoms with Crippen molar-refractivity contribution in [3.05, 3.63) is 23.2 Å². The molecule has 0 aliphatic carbocycles. The number of hydrogen-bond donors (Lipinski definition) is 1. The van der Waals surface area contributed by atoms with Gasteiger partial charge in [0.2, 0.25) is 0 Å². The number of anilines is 1. The van der Waals surface area contributed by atoms with Crippen molar-refractivity contribution in [2.75, 3.05) is 25.2 Å². The number of halogens is 1. The predicted octanol–water partition coefficient (Wildman–Crippen LogP) is 2.66. The molecular weight excluding hydrogens is 206 g/mol. The highest BCUT2D eigenvalue weighted by molar-refractivity contribution is 7.99. The quantitative estimate of drug-likeness (QED) is 0.479. The van der Waals surface area contributed by atoms with Gasteiger partial charge in [-0.25, -0.2) is 0 Å². The molecule has 0 heterocycles. The zero-order valence-corrected chi connectivity index (χ0v) is 8.99. The lowest BCUT2D eigenvalue weighted by molar-refractivity contribution is 0.218. The Kier molecular flexibility index (Phi) is 4.42. The van der Waals surface area contributed by atoms with Gasteiger partial charge in [-0.05, 0) is 18.2 Å². The zero-order valence-electron chi connectivity index (χ0n) is 7.42. The molecule has 0 radical (unpaired) electrons. The Balaban J connectivity index is 2.56. The van der Waals surface area contributed by atoms with Crippen LogP contribution in [0.15, 0.2) is 23.1 Å². The summed E-state index contributed by atoms with van der Waals surface area (Å²) in [5.41, 5.74) is 6.49. The van der Waals surface area contributed by atoms with Crippen molar-refractivity contribution >= 4 is 29.1 Å². The van der Waals surface area contributed by atoms with Gasteiger partial charge in [-0.2, -0.15) is 0 Å². The van der Waals surface area contributed by atoms with Gasteiger partial charge >= 0.3 is 0 Å². The number of methoxy groups -OCH3 is 1. The molecule has 0 amide bonds. The molecule has 0 saturated carbocycles. The van der Waals surface area contributed by atoms with Crippen molar-refractivity contribution in [3.63, 3.8) is 0 Å². The maximum atomic E-state index is 5.76. The van der Waals surface area contributed by atoms with E-state index in [-0.39, 0.29) is 0 Å². The average Bonchev–Trinajstić information content (AvgIpc) is 2.09. The van der Waals surface area contributed by atoms with Crippen LogP contribution < -0.4 is 5.73 Å². The van der Waals surface area contributed by atoms with Crippen LogP contribution in [0.5, 0.6) is 0 Å². The largest absolute Gasteiger partial charge is 0.398 e. The first kappa shape index (κ1) is 10.7. The zero-order chi connectivity index (χ0) is 9.68. The fourth-order valence-corrected chi connectivity index (χ4v) is 1.93. The molecule has 72 valence electrons. The van der Waals surface area contributed by atoms with E-state index in [1.807, 2.05) is 12.1 Å². The number of ether oxygens (including phenoxy) is 1. The van der Waals surface area contributed by atoms with Gasteiger partial charge in [-0.1, -0.05) is 11.6 Å². The van der Waals surface area contributed by atoms with Crippen LogP contribution in [0.4, 0.5) is 5.69 Å². The minimum atomic E-state index is 0.675. The smallest absolute Gasteiger partial charge is 0.0556 e. The fourth-order valence-electron chi connectivity index (χ4n) is 0.886. The average molecular weight is 218 g/mol. The lowest BCUT2D eigenvalue weighted by Gasteiger charge is -2.04. The number of benzene rings is 1. The molecule has 0 bridgehead atoms. The van der Waals surface area contributed by atoms with Crippen LogP contribution in [0.3, 0.4) is 0 Å². The number of nitrogen functional groups attached to an aromatic ring is 1. The summed E-state index contributed by atoms with van der Waals surface area (Å²) >= 11 is 7.44. The van der Waals surface area contributed by atoms with Gasteiger partial charge < -0.3 is 10.5 Å². The van der Waals surface area contributed by atoms with Crippen molar-refractivity contribution in [1.29, 1.82) is 0 Å². The van der Waals surface area contributed by atoms with Gasteiger partial charge in [0, 0.05) is 28.5 Å². The Morgan fingerprint density at radius 1 is 1.54 bits per heavy atom. The Bertz CT molecular complexity index is 280. The minimum absolute atomic E-state index is 0.675. The molecule has 13 heavy (non-hydrogen) atoms. The van der Waals surface area contributed by atoms with Gasteiger partial charge in [0.05, 0.1) is 6.61 Å². The summed E-state index contributed by atoms with van der Waals surface area (Å²) < 4.78 is 4.94. The summed E-state index contributed by atoms with van der Waals surface area (Å²) in [6.07, 6.45) is 0. The SMILES string of the molecule is COCCSc1ccc(Cl)cc1N. The molecule has 0 saturated heterocycles. The molecule has 1 rings (SSSR count). The third-order valence-electron chi connectivity index (χ3n) is 1.52. The molecule has 0 unspecified atom stereocenters. The van der Waals surface area contributed by atoms with E-state index in [0.29, 0.717) is 5.02 Å². The first-order chi connectivity index (χ1) is 6.24. The van der Waals surface area contributed by atoms with E-state index in [2.05, 4.69) is 0 Å². The topological polar surface area (TPSA) is 35.2 Å². The molecule has 0 atom stereocenters. The molecule has 4 heteroatoms. The Labute approximate surface area is 87.4 Å². The van der Waals surface area contributed by atoms with Crippen LogP contribution in [0.25, 0.3) is 0 Å². The summed E-state index contributed by atoms with van der Waals surface area (Å²) in [4.78, 5) is 1.06. The van der Waals surface area contributed by atoms with Crippen molar-refractivity contribution in [2.45, 2.75) is 4.90 Å². The second kappa shape index (κ2) is 5.37. The van der Waals surface area contributed by atoms with Gasteiger partial charge in [-0.15, -0.1) is 11.8 Å². The molecule has 0 spiro atoms. The summed E-state index contributed by atoms with van der Waals surface area (Å²) in [7, 11) is 1.69. The number of nitrogens with two attached hydrogens (primary N) is 1. The van der Waals surface area contributed by atoms with Crippen LogP contribution >= 0.6 is 23.4 Å². The molecule has 1 aromatic rings. The highest BCUT2D eigenvalue weighted by Gasteiger charge is 1.99. The lowest BCUT2D eigenvalue weighted by atomic mass is 10.3. The molecule has 2 N–H and O–H groups in total. The highest BCUT2D eigenvalue weighted by Crippen LogP contribution is 2.27. The Hall–Kier alpha value is -0.380. The molecule has 2 nitrogen and oxygen atoms in total. The van der Waals surface area contributed by atoms with Gasteiger partial charge in [0.25, 0.3) is 0 Å². The maximum absolute atomic E-state index is 5.76. The van der Waals surface area contributed by atoms with Crippen molar-refractivity contribution in [2.24, 2.45) is 0 Å². The summed E-state index contributed by atoms with van der Waals surface area (Å²) in [5, 5.41) is 0.675. The van der Waals surface area contributed by atoms with Crippen LogP contribution in [-0.4, -0.2) is 19.5 Å². The Morgan fingerprint density at radius 3 is 2.92 bits per heavy atom.